The third-order valence-electron chi connectivity index (χ3n) is 4.30. The topological polar surface area (TPSA) is 50.4 Å². The van der Waals surface area contributed by atoms with Crippen LogP contribution >= 0.6 is 0 Å². The Morgan fingerprint density at radius 2 is 2.04 bits per heavy atom. The number of hydrogen-bond donors (Lipinski definition) is 2. The number of benzene rings is 2. The third kappa shape index (κ3) is 4.59. The summed E-state index contributed by atoms with van der Waals surface area (Å²) >= 11 is 0. The zero-order valence-corrected chi connectivity index (χ0v) is 14.0. The van der Waals surface area contributed by atoms with Crippen molar-refractivity contribution >= 4 is 5.91 Å². The van der Waals surface area contributed by atoms with Crippen LogP contribution in [-0.4, -0.2) is 24.5 Å². The summed E-state index contributed by atoms with van der Waals surface area (Å²) in [5.41, 5.74) is 1.75. The van der Waals surface area contributed by atoms with Gasteiger partial charge in [0.2, 0.25) is 0 Å². The number of carbonyl (C=O) groups is 1. The molecule has 0 radical (unpaired) electrons. The van der Waals surface area contributed by atoms with Gasteiger partial charge in [0.05, 0.1) is 0 Å². The lowest BCUT2D eigenvalue weighted by atomic mass is 10.0. The highest BCUT2D eigenvalue weighted by atomic mass is 16.5. The highest BCUT2D eigenvalue weighted by Gasteiger charge is 2.20. The predicted octanol–water partition coefficient (Wildman–Crippen LogP) is 3.14. The fraction of sp³-hybridized carbons (Fsp3) is 0.350. The summed E-state index contributed by atoms with van der Waals surface area (Å²) < 4.78 is 5.80. The van der Waals surface area contributed by atoms with Gasteiger partial charge in [-0.3, -0.25) is 4.79 Å². The molecule has 2 aromatic rings. The Labute approximate surface area is 143 Å². The molecule has 3 rings (SSSR count). The van der Waals surface area contributed by atoms with Gasteiger partial charge in [0.1, 0.15) is 12.4 Å². The van der Waals surface area contributed by atoms with Crippen LogP contribution in [0.15, 0.2) is 54.6 Å². The fourth-order valence-electron chi connectivity index (χ4n) is 3.00. The quantitative estimate of drug-likeness (QED) is 0.888. The minimum atomic E-state index is -0.0285. The van der Waals surface area contributed by atoms with Gasteiger partial charge < -0.3 is 15.4 Å². The molecule has 126 valence electrons. The van der Waals surface area contributed by atoms with Gasteiger partial charge in [-0.25, -0.2) is 0 Å². The lowest BCUT2D eigenvalue weighted by Gasteiger charge is -2.28. The average Bonchev–Trinajstić information content (AvgIpc) is 2.61. The molecule has 1 fully saturated rings. The SMILES string of the molecule is CC1CC(NC(=O)c2cccc(OCc3ccccc3)c2)CCN1. The van der Waals surface area contributed by atoms with E-state index in [0.29, 0.717) is 24.0 Å². The Balaban J connectivity index is 1.58. The van der Waals surface area contributed by atoms with Crippen molar-refractivity contribution in [1.82, 2.24) is 10.6 Å². The van der Waals surface area contributed by atoms with Crippen molar-refractivity contribution in [2.75, 3.05) is 6.54 Å². The minimum absolute atomic E-state index is 0.0285. The molecule has 4 nitrogen and oxygen atoms in total. The van der Waals surface area contributed by atoms with E-state index >= 15 is 0 Å². The second kappa shape index (κ2) is 7.97. The summed E-state index contributed by atoms with van der Waals surface area (Å²) in [5, 5.41) is 6.53. The van der Waals surface area contributed by atoms with E-state index in [-0.39, 0.29) is 11.9 Å². The number of amides is 1. The standard InChI is InChI=1S/C20H24N2O2/c1-15-12-18(10-11-21-15)22-20(23)17-8-5-9-19(13-17)24-14-16-6-3-2-4-7-16/h2-9,13,15,18,21H,10-12,14H2,1H3,(H,22,23). The molecular formula is C20H24N2O2. The molecule has 0 bridgehead atoms. The maximum atomic E-state index is 12.5. The molecule has 1 aliphatic heterocycles. The number of rotatable bonds is 5. The van der Waals surface area contributed by atoms with Crippen molar-refractivity contribution in [2.45, 2.75) is 38.5 Å². The Kier molecular flexibility index (Phi) is 5.49. The summed E-state index contributed by atoms with van der Waals surface area (Å²) in [6, 6.07) is 18.1. The predicted molar refractivity (Wildman–Crippen MR) is 95.2 cm³/mol. The van der Waals surface area contributed by atoms with Crippen molar-refractivity contribution in [3.8, 4) is 5.75 Å². The van der Waals surface area contributed by atoms with E-state index < -0.39 is 0 Å². The molecule has 2 atom stereocenters. The molecular weight excluding hydrogens is 300 g/mol. The molecule has 0 saturated carbocycles. The minimum Gasteiger partial charge on any atom is -0.489 e. The van der Waals surface area contributed by atoms with Gasteiger partial charge in [-0.1, -0.05) is 36.4 Å². The van der Waals surface area contributed by atoms with Crippen molar-refractivity contribution in [3.05, 3.63) is 65.7 Å². The molecule has 0 spiro atoms. The molecule has 1 amide bonds. The number of carbonyl (C=O) groups excluding carboxylic acids is 1. The second-order valence-electron chi connectivity index (χ2n) is 6.35. The number of hydrogen-bond acceptors (Lipinski definition) is 3. The Morgan fingerprint density at radius 1 is 1.21 bits per heavy atom. The second-order valence-corrected chi connectivity index (χ2v) is 6.35. The molecule has 1 saturated heterocycles. The highest BCUT2D eigenvalue weighted by molar-refractivity contribution is 5.94. The Hall–Kier alpha value is -2.33. The van der Waals surface area contributed by atoms with Crippen LogP contribution in [0.2, 0.25) is 0 Å². The molecule has 24 heavy (non-hydrogen) atoms. The van der Waals surface area contributed by atoms with E-state index in [1.807, 2.05) is 54.6 Å². The van der Waals surface area contributed by atoms with Gasteiger partial charge in [-0.2, -0.15) is 0 Å². The van der Waals surface area contributed by atoms with Crippen LogP contribution < -0.4 is 15.4 Å². The summed E-state index contributed by atoms with van der Waals surface area (Å²) in [6.07, 6.45) is 1.94. The molecule has 0 aromatic heterocycles. The maximum absolute atomic E-state index is 12.5. The largest absolute Gasteiger partial charge is 0.489 e. The maximum Gasteiger partial charge on any atom is 0.251 e. The molecule has 4 heteroatoms. The zero-order valence-electron chi connectivity index (χ0n) is 14.0. The van der Waals surface area contributed by atoms with Crippen molar-refractivity contribution < 1.29 is 9.53 Å². The van der Waals surface area contributed by atoms with E-state index in [2.05, 4.69) is 17.6 Å². The molecule has 0 aliphatic carbocycles. The summed E-state index contributed by atoms with van der Waals surface area (Å²) in [5.74, 6) is 0.685. The average molecular weight is 324 g/mol. The number of ether oxygens (including phenoxy) is 1. The first-order chi connectivity index (χ1) is 11.7. The lowest BCUT2D eigenvalue weighted by Crippen LogP contribution is -2.46. The van der Waals surface area contributed by atoms with Crippen LogP contribution in [0.5, 0.6) is 5.75 Å². The van der Waals surface area contributed by atoms with E-state index in [1.165, 1.54) is 0 Å². The molecule has 1 aliphatic rings. The van der Waals surface area contributed by atoms with E-state index in [9.17, 15) is 4.79 Å². The van der Waals surface area contributed by atoms with Gasteiger partial charge >= 0.3 is 0 Å². The van der Waals surface area contributed by atoms with Gasteiger partial charge in [0.25, 0.3) is 5.91 Å². The van der Waals surface area contributed by atoms with Gasteiger partial charge in [0.15, 0.2) is 0 Å². The van der Waals surface area contributed by atoms with Gasteiger partial charge in [-0.15, -0.1) is 0 Å². The van der Waals surface area contributed by atoms with Crippen LogP contribution in [0.3, 0.4) is 0 Å². The number of piperidine rings is 1. The smallest absolute Gasteiger partial charge is 0.251 e. The third-order valence-corrected chi connectivity index (χ3v) is 4.30. The van der Waals surface area contributed by atoms with Gasteiger partial charge in [0, 0.05) is 17.6 Å². The zero-order chi connectivity index (χ0) is 16.8. The first-order valence-electron chi connectivity index (χ1n) is 8.52. The van der Waals surface area contributed by atoms with Crippen LogP contribution in [0, 0.1) is 0 Å². The van der Waals surface area contributed by atoms with E-state index in [0.717, 1.165) is 24.9 Å². The summed E-state index contributed by atoms with van der Waals surface area (Å²) in [6.45, 7) is 3.60. The van der Waals surface area contributed by atoms with Crippen LogP contribution in [0.25, 0.3) is 0 Å². The summed E-state index contributed by atoms with van der Waals surface area (Å²) in [4.78, 5) is 12.5. The van der Waals surface area contributed by atoms with Crippen LogP contribution in [0.1, 0.15) is 35.7 Å². The highest BCUT2D eigenvalue weighted by Crippen LogP contribution is 2.16. The lowest BCUT2D eigenvalue weighted by molar-refractivity contribution is 0.0925. The summed E-state index contributed by atoms with van der Waals surface area (Å²) in [7, 11) is 0. The number of nitrogens with one attached hydrogen (secondary N) is 2. The van der Waals surface area contributed by atoms with Crippen molar-refractivity contribution in [3.63, 3.8) is 0 Å². The Bertz CT molecular complexity index is 672. The van der Waals surface area contributed by atoms with E-state index in [4.69, 9.17) is 4.74 Å². The first kappa shape index (κ1) is 16.5. The molecule has 1 heterocycles. The monoisotopic (exact) mass is 324 g/mol. The van der Waals surface area contributed by atoms with Gasteiger partial charge in [-0.05, 0) is 50.1 Å². The first-order valence-corrected chi connectivity index (χ1v) is 8.52. The fourth-order valence-corrected chi connectivity index (χ4v) is 3.00. The normalized spacial score (nSPS) is 20.4. The van der Waals surface area contributed by atoms with E-state index in [1.54, 1.807) is 0 Å². The molecule has 2 N–H and O–H groups in total. The van der Waals surface area contributed by atoms with Crippen molar-refractivity contribution in [1.29, 1.82) is 0 Å². The molecule has 2 aromatic carbocycles. The molecule has 2 unspecified atom stereocenters. The van der Waals surface area contributed by atoms with Crippen LogP contribution in [0.4, 0.5) is 0 Å². The van der Waals surface area contributed by atoms with Crippen molar-refractivity contribution in [2.24, 2.45) is 0 Å². The van der Waals surface area contributed by atoms with Crippen LogP contribution in [-0.2, 0) is 6.61 Å². The Morgan fingerprint density at radius 3 is 2.83 bits per heavy atom.